The molecular weight excluding hydrogens is 318 g/mol. The van der Waals surface area contributed by atoms with Gasteiger partial charge in [0.15, 0.2) is 0 Å². The Morgan fingerprint density at radius 3 is 2.52 bits per heavy atom. The minimum atomic E-state index is -0.180. The molecule has 6 heteroatoms. The summed E-state index contributed by atoms with van der Waals surface area (Å²) >= 11 is 0. The second kappa shape index (κ2) is 7.44. The number of amides is 3. The molecule has 1 aromatic carbocycles. The van der Waals surface area contributed by atoms with Gasteiger partial charge in [0.1, 0.15) is 0 Å². The molecule has 2 saturated heterocycles. The Balaban J connectivity index is 1.74. The van der Waals surface area contributed by atoms with Gasteiger partial charge >= 0.3 is 6.03 Å². The van der Waals surface area contributed by atoms with Crippen molar-refractivity contribution in [2.75, 3.05) is 31.6 Å². The fourth-order valence-electron chi connectivity index (χ4n) is 3.88. The fourth-order valence-corrected chi connectivity index (χ4v) is 3.88. The van der Waals surface area contributed by atoms with Crippen LogP contribution >= 0.6 is 0 Å². The molecule has 25 heavy (non-hydrogen) atoms. The van der Waals surface area contributed by atoms with Crippen LogP contribution in [0.25, 0.3) is 0 Å². The second-order valence-electron chi connectivity index (χ2n) is 7.37. The van der Waals surface area contributed by atoms with Crippen LogP contribution in [0, 0.1) is 11.3 Å². The first kappa shape index (κ1) is 17.7. The van der Waals surface area contributed by atoms with Crippen LogP contribution in [0.3, 0.4) is 0 Å². The summed E-state index contributed by atoms with van der Waals surface area (Å²) in [5, 5.41) is 5.96. The Morgan fingerprint density at radius 2 is 1.88 bits per heavy atom. The van der Waals surface area contributed by atoms with Crippen LogP contribution in [0.5, 0.6) is 0 Å². The zero-order chi connectivity index (χ0) is 17.9. The van der Waals surface area contributed by atoms with Gasteiger partial charge in [-0.25, -0.2) is 4.79 Å². The maximum Gasteiger partial charge on any atom is 0.321 e. The number of urea groups is 1. The molecule has 2 N–H and O–H groups in total. The van der Waals surface area contributed by atoms with Crippen molar-refractivity contribution in [1.82, 2.24) is 10.2 Å². The molecule has 0 saturated carbocycles. The molecular formula is C19H27N3O3. The van der Waals surface area contributed by atoms with Gasteiger partial charge in [-0.2, -0.15) is 0 Å². The van der Waals surface area contributed by atoms with E-state index in [1.807, 2.05) is 44.2 Å². The highest BCUT2D eigenvalue weighted by atomic mass is 16.5. The molecule has 2 aliphatic heterocycles. The van der Waals surface area contributed by atoms with Gasteiger partial charge in [0.25, 0.3) is 0 Å². The van der Waals surface area contributed by atoms with E-state index in [4.69, 9.17) is 4.74 Å². The van der Waals surface area contributed by atoms with E-state index in [0.29, 0.717) is 26.3 Å². The van der Waals surface area contributed by atoms with Gasteiger partial charge in [0, 0.05) is 43.4 Å². The van der Waals surface area contributed by atoms with Crippen LogP contribution in [-0.4, -0.2) is 49.2 Å². The van der Waals surface area contributed by atoms with E-state index >= 15 is 0 Å². The molecule has 1 spiro atoms. The van der Waals surface area contributed by atoms with Crippen molar-refractivity contribution in [2.45, 2.75) is 32.7 Å². The van der Waals surface area contributed by atoms with E-state index in [2.05, 4.69) is 10.6 Å². The summed E-state index contributed by atoms with van der Waals surface area (Å²) in [7, 11) is 0. The first-order valence-corrected chi connectivity index (χ1v) is 8.99. The number of para-hydroxylation sites is 1. The predicted molar refractivity (Wildman–Crippen MR) is 96.3 cm³/mol. The summed E-state index contributed by atoms with van der Waals surface area (Å²) < 4.78 is 5.51. The van der Waals surface area contributed by atoms with Crippen LogP contribution in [0.1, 0.15) is 26.7 Å². The smallest absolute Gasteiger partial charge is 0.321 e. The molecule has 0 aliphatic carbocycles. The van der Waals surface area contributed by atoms with Crippen molar-refractivity contribution < 1.29 is 14.3 Å². The van der Waals surface area contributed by atoms with Crippen molar-refractivity contribution in [3.63, 3.8) is 0 Å². The molecule has 0 unspecified atom stereocenters. The zero-order valence-electron chi connectivity index (χ0n) is 15.0. The molecule has 1 aromatic rings. The van der Waals surface area contributed by atoms with Gasteiger partial charge in [-0.3, -0.25) is 4.79 Å². The Kier molecular flexibility index (Phi) is 5.27. The number of nitrogens with zero attached hydrogens (tertiary/aromatic N) is 1. The SMILES string of the molecule is CC(C)NC(=O)[C@H]1CN(C(=O)Nc2ccccc2)CC12CCOCC2. The maximum atomic E-state index is 12.7. The third-order valence-electron chi connectivity index (χ3n) is 5.20. The Hall–Kier alpha value is -2.08. The third kappa shape index (κ3) is 3.95. The summed E-state index contributed by atoms with van der Waals surface area (Å²) in [6.45, 7) is 6.29. The molecule has 6 nitrogen and oxygen atoms in total. The molecule has 3 amide bonds. The van der Waals surface area contributed by atoms with E-state index < -0.39 is 0 Å². The molecule has 0 bridgehead atoms. The molecule has 0 radical (unpaired) electrons. The fraction of sp³-hybridized carbons (Fsp3) is 0.579. The number of hydrogen-bond donors (Lipinski definition) is 2. The second-order valence-corrected chi connectivity index (χ2v) is 7.37. The van der Waals surface area contributed by atoms with Gasteiger partial charge in [-0.05, 0) is 38.8 Å². The highest BCUT2D eigenvalue weighted by Gasteiger charge is 2.51. The molecule has 3 rings (SSSR count). The van der Waals surface area contributed by atoms with E-state index in [9.17, 15) is 9.59 Å². The number of carbonyl (C=O) groups is 2. The number of ether oxygens (including phenoxy) is 1. The van der Waals surface area contributed by atoms with Gasteiger partial charge in [0.05, 0.1) is 5.92 Å². The summed E-state index contributed by atoms with van der Waals surface area (Å²) in [6, 6.07) is 9.36. The third-order valence-corrected chi connectivity index (χ3v) is 5.20. The number of anilines is 1. The van der Waals surface area contributed by atoms with Gasteiger partial charge < -0.3 is 20.3 Å². The van der Waals surface area contributed by atoms with Crippen molar-refractivity contribution in [1.29, 1.82) is 0 Å². The van der Waals surface area contributed by atoms with Crippen LogP contribution in [0.2, 0.25) is 0 Å². The van der Waals surface area contributed by atoms with E-state index in [1.165, 1.54) is 0 Å². The molecule has 2 aliphatic rings. The molecule has 1 atom stereocenters. The predicted octanol–water partition coefficient (Wildman–Crippen LogP) is 2.47. The van der Waals surface area contributed by atoms with Crippen molar-refractivity contribution in [2.24, 2.45) is 11.3 Å². The molecule has 2 heterocycles. The van der Waals surface area contributed by atoms with Gasteiger partial charge in [-0.15, -0.1) is 0 Å². The number of rotatable bonds is 3. The number of hydrogen-bond acceptors (Lipinski definition) is 3. The normalized spacial score (nSPS) is 22.2. The highest BCUT2D eigenvalue weighted by molar-refractivity contribution is 5.90. The number of likely N-dealkylation sites (tertiary alicyclic amines) is 1. The summed E-state index contributed by atoms with van der Waals surface area (Å²) in [5.41, 5.74) is 0.592. The van der Waals surface area contributed by atoms with E-state index in [0.717, 1.165) is 18.5 Å². The van der Waals surface area contributed by atoms with Gasteiger partial charge in [-0.1, -0.05) is 18.2 Å². The van der Waals surface area contributed by atoms with Crippen molar-refractivity contribution in [3.05, 3.63) is 30.3 Å². The molecule has 0 aromatic heterocycles. The Bertz CT molecular complexity index is 612. The van der Waals surface area contributed by atoms with E-state index in [-0.39, 0.29) is 29.3 Å². The topological polar surface area (TPSA) is 70.7 Å². The Labute approximate surface area is 148 Å². The summed E-state index contributed by atoms with van der Waals surface area (Å²) in [5.74, 6) is -0.132. The quantitative estimate of drug-likeness (QED) is 0.884. The zero-order valence-corrected chi connectivity index (χ0v) is 15.0. The van der Waals surface area contributed by atoms with Crippen LogP contribution < -0.4 is 10.6 Å². The molecule has 136 valence electrons. The van der Waals surface area contributed by atoms with Crippen LogP contribution in [-0.2, 0) is 9.53 Å². The summed E-state index contributed by atoms with van der Waals surface area (Å²) in [4.78, 5) is 27.2. The van der Waals surface area contributed by atoms with Crippen LogP contribution in [0.15, 0.2) is 30.3 Å². The lowest BCUT2D eigenvalue weighted by Gasteiger charge is -2.37. The minimum absolute atomic E-state index is 0.0481. The lowest BCUT2D eigenvalue weighted by molar-refractivity contribution is -0.130. The minimum Gasteiger partial charge on any atom is -0.381 e. The van der Waals surface area contributed by atoms with Gasteiger partial charge in [0.2, 0.25) is 5.91 Å². The average molecular weight is 345 g/mol. The van der Waals surface area contributed by atoms with Crippen molar-refractivity contribution >= 4 is 17.6 Å². The summed E-state index contributed by atoms with van der Waals surface area (Å²) in [6.07, 6.45) is 1.64. The number of nitrogens with one attached hydrogen (secondary N) is 2. The maximum absolute atomic E-state index is 12.7. The first-order valence-electron chi connectivity index (χ1n) is 8.99. The van der Waals surface area contributed by atoms with Crippen molar-refractivity contribution in [3.8, 4) is 0 Å². The standard InChI is InChI=1S/C19H27N3O3/c1-14(2)20-17(23)16-12-22(13-19(16)8-10-25-11-9-19)18(24)21-15-6-4-3-5-7-15/h3-7,14,16H,8-13H2,1-2H3,(H,20,23)(H,21,24)/t16-/m1/s1. The lowest BCUT2D eigenvalue weighted by Crippen LogP contribution is -2.46. The Morgan fingerprint density at radius 1 is 1.20 bits per heavy atom. The first-order chi connectivity index (χ1) is 12.0. The largest absolute Gasteiger partial charge is 0.381 e. The highest BCUT2D eigenvalue weighted by Crippen LogP contribution is 2.44. The van der Waals surface area contributed by atoms with E-state index in [1.54, 1.807) is 4.90 Å². The monoisotopic (exact) mass is 345 g/mol. The number of carbonyl (C=O) groups excluding carboxylic acids is 2. The van der Waals surface area contributed by atoms with Crippen LogP contribution in [0.4, 0.5) is 10.5 Å². The average Bonchev–Trinajstić information content (AvgIpc) is 2.95. The lowest BCUT2D eigenvalue weighted by atomic mass is 9.71. The number of benzene rings is 1. The molecule has 2 fully saturated rings.